The van der Waals surface area contributed by atoms with Crippen LogP contribution < -0.4 is 4.72 Å². The van der Waals surface area contributed by atoms with Crippen LogP contribution in [-0.2, 0) is 21.2 Å². The summed E-state index contributed by atoms with van der Waals surface area (Å²) in [7, 11) is -3.76. The van der Waals surface area contributed by atoms with Gasteiger partial charge in [-0.2, -0.15) is 4.72 Å². The average molecular weight is 287 g/mol. The molecule has 0 bridgehead atoms. The van der Waals surface area contributed by atoms with Gasteiger partial charge in [0.2, 0.25) is 10.0 Å². The fourth-order valence-electron chi connectivity index (χ4n) is 1.50. The number of carbonyl (C=O) groups is 1. The number of benzene rings is 1. The summed E-state index contributed by atoms with van der Waals surface area (Å²) in [6, 6.07) is 7.47. The maximum atomic E-state index is 11.7. The second-order valence-electron chi connectivity index (χ2n) is 4.23. The first-order valence-corrected chi connectivity index (χ1v) is 7.42. The number of sulfonamides is 1. The Hall–Kier alpha value is -1.44. The molecule has 6 nitrogen and oxygen atoms in total. The van der Waals surface area contributed by atoms with E-state index in [1.54, 1.807) is 24.3 Å². The largest absolute Gasteiger partial charge is 0.480 e. The molecule has 19 heavy (non-hydrogen) atoms. The molecule has 1 rings (SSSR count). The number of carboxylic acids is 1. The molecule has 3 N–H and O–H groups in total. The fraction of sp³-hybridized carbons (Fsp3) is 0.417. The molecular weight excluding hydrogens is 270 g/mol. The lowest BCUT2D eigenvalue weighted by molar-refractivity contribution is -0.141. The van der Waals surface area contributed by atoms with Crippen molar-refractivity contribution in [1.82, 2.24) is 4.72 Å². The highest BCUT2D eigenvalue weighted by molar-refractivity contribution is 7.89. The van der Waals surface area contributed by atoms with Gasteiger partial charge >= 0.3 is 5.97 Å². The van der Waals surface area contributed by atoms with E-state index >= 15 is 0 Å². The van der Waals surface area contributed by atoms with Crippen molar-refractivity contribution in [3.05, 3.63) is 35.9 Å². The maximum Gasteiger partial charge on any atom is 0.324 e. The predicted molar refractivity (Wildman–Crippen MR) is 70.2 cm³/mol. The molecule has 0 saturated heterocycles. The van der Waals surface area contributed by atoms with Gasteiger partial charge in [-0.1, -0.05) is 30.3 Å². The Kier molecular flexibility index (Phi) is 5.46. The molecule has 2 atom stereocenters. The molecular formula is C12H17NO5S. The van der Waals surface area contributed by atoms with Crippen LogP contribution in [0.5, 0.6) is 0 Å². The van der Waals surface area contributed by atoms with E-state index in [0.717, 1.165) is 5.56 Å². The first kappa shape index (κ1) is 15.6. The lowest BCUT2D eigenvalue weighted by Gasteiger charge is -2.17. The summed E-state index contributed by atoms with van der Waals surface area (Å²) in [5.74, 6) is -1.63. The van der Waals surface area contributed by atoms with E-state index in [1.807, 2.05) is 10.8 Å². The third-order valence-corrected chi connectivity index (χ3v) is 3.91. The highest BCUT2D eigenvalue weighted by Gasteiger charge is 2.27. The van der Waals surface area contributed by atoms with E-state index in [9.17, 15) is 18.3 Å². The van der Waals surface area contributed by atoms with Gasteiger partial charge in [-0.05, 0) is 18.9 Å². The molecule has 0 amide bonds. The molecule has 0 aliphatic rings. The predicted octanol–water partition coefficient (Wildman–Crippen LogP) is -0.0175. The third kappa shape index (κ3) is 5.37. The molecule has 0 saturated carbocycles. The molecule has 106 valence electrons. The number of carboxylic acid groups (broad SMARTS) is 1. The van der Waals surface area contributed by atoms with Crippen LogP contribution in [0.2, 0.25) is 0 Å². The summed E-state index contributed by atoms with van der Waals surface area (Å²) >= 11 is 0. The molecule has 0 spiro atoms. The lowest BCUT2D eigenvalue weighted by Crippen LogP contribution is -2.48. The van der Waals surface area contributed by atoms with Gasteiger partial charge in [0.15, 0.2) is 0 Å². The molecule has 0 aliphatic carbocycles. The van der Waals surface area contributed by atoms with Gasteiger partial charge in [-0.15, -0.1) is 0 Å². The number of nitrogens with one attached hydrogen (secondary N) is 1. The molecule has 0 radical (unpaired) electrons. The van der Waals surface area contributed by atoms with E-state index < -0.39 is 28.1 Å². The normalized spacial score (nSPS) is 14.8. The second-order valence-corrected chi connectivity index (χ2v) is 6.10. The number of aliphatic hydroxyl groups excluding tert-OH is 1. The first-order valence-electron chi connectivity index (χ1n) is 5.76. The molecule has 0 aliphatic heterocycles. The van der Waals surface area contributed by atoms with Gasteiger partial charge < -0.3 is 10.2 Å². The number of aliphatic hydroxyl groups is 1. The summed E-state index contributed by atoms with van der Waals surface area (Å²) in [6.07, 6.45) is -1.02. The Morgan fingerprint density at radius 3 is 2.37 bits per heavy atom. The standard InChI is InChI=1S/C12H17NO5S/c1-9(14)11(12(15)16)13-19(17,18)8-7-10-5-3-2-4-6-10/h2-6,9,11,13-14H,7-8H2,1H3,(H,15,16). The zero-order chi connectivity index (χ0) is 14.5. The Morgan fingerprint density at radius 1 is 1.32 bits per heavy atom. The second kappa shape index (κ2) is 6.65. The van der Waals surface area contributed by atoms with E-state index in [-0.39, 0.29) is 12.2 Å². The van der Waals surface area contributed by atoms with Crippen LogP contribution in [0, 0.1) is 0 Å². The highest BCUT2D eigenvalue weighted by Crippen LogP contribution is 2.03. The minimum atomic E-state index is -3.76. The number of aryl methyl sites for hydroxylation is 1. The van der Waals surface area contributed by atoms with Gasteiger partial charge in [0.25, 0.3) is 0 Å². The number of hydrogen-bond donors (Lipinski definition) is 3. The quantitative estimate of drug-likeness (QED) is 0.654. The van der Waals surface area contributed by atoms with Gasteiger partial charge in [0.1, 0.15) is 6.04 Å². The highest BCUT2D eigenvalue weighted by atomic mass is 32.2. The van der Waals surface area contributed by atoms with Crippen LogP contribution in [-0.4, -0.2) is 42.5 Å². The molecule has 0 heterocycles. The van der Waals surface area contributed by atoms with Crippen molar-refractivity contribution in [3.63, 3.8) is 0 Å². The van der Waals surface area contributed by atoms with Crippen molar-refractivity contribution in [2.75, 3.05) is 5.75 Å². The van der Waals surface area contributed by atoms with Crippen molar-refractivity contribution in [2.24, 2.45) is 0 Å². The van der Waals surface area contributed by atoms with E-state index in [4.69, 9.17) is 5.11 Å². The smallest absolute Gasteiger partial charge is 0.324 e. The summed E-state index contributed by atoms with van der Waals surface area (Å²) in [4.78, 5) is 10.8. The molecule has 1 aromatic carbocycles. The zero-order valence-electron chi connectivity index (χ0n) is 10.5. The van der Waals surface area contributed by atoms with E-state index in [2.05, 4.69) is 0 Å². The topological polar surface area (TPSA) is 104 Å². The average Bonchev–Trinajstić information content (AvgIpc) is 2.34. The molecule has 1 aromatic rings. The number of rotatable bonds is 7. The van der Waals surface area contributed by atoms with Crippen LogP contribution >= 0.6 is 0 Å². The van der Waals surface area contributed by atoms with Crippen molar-refractivity contribution >= 4 is 16.0 Å². The van der Waals surface area contributed by atoms with Crippen LogP contribution in [0.4, 0.5) is 0 Å². The maximum absolute atomic E-state index is 11.7. The van der Waals surface area contributed by atoms with E-state index in [0.29, 0.717) is 0 Å². The van der Waals surface area contributed by atoms with E-state index in [1.165, 1.54) is 6.92 Å². The summed E-state index contributed by atoms with van der Waals surface area (Å²) in [5, 5.41) is 18.0. The molecule has 7 heteroatoms. The Labute approximate surface area is 112 Å². The van der Waals surface area contributed by atoms with Gasteiger partial charge in [0, 0.05) is 0 Å². The summed E-state index contributed by atoms with van der Waals surface area (Å²) in [6.45, 7) is 1.22. The van der Waals surface area contributed by atoms with Gasteiger partial charge in [-0.3, -0.25) is 4.79 Å². The Balaban J connectivity index is 2.64. The zero-order valence-corrected chi connectivity index (χ0v) is 11.3. The number of hydrogen-bond acceptors (Lipinski definition) is 4. The Morgan fingerprint density at radius 2 is 1.89 bits per heavy atom. The van der Waals surface area contributed by atoms with Crippen LogP contribution in [0.15, 0.2) is 30.3 Å². The first-order chi connectivity index (χ1) is 8.82. The lowest BCUT2D eigenvalue weighted by atomic mass is 10.2. The summed E-state index contributed by atoms with van der Waals surface area (Å²) in [5.41, 5.74) is 0.844. The molecule has 0 fully saturated rings. The molecule has 0 aromatic heterocycles. The van der Waals surface area contributed by atoms with Crippen molar-refractivity contribution < 1.29 is 23.4 Å². The van der Waals surface area contributed by atoms with Gasteiger partial charge in [-0.25, -0.2) is 8.42 Å². The number of aliphatic carboxylic acids is 1. The monoisotopic (exact) mass is 287 g/mol. The summed E-state index contributed by atoms with van der Waals surface area (Å²) < 4.78 is 25.5. The van der Waals surface area contributed by atoms with Crippen molar-refractivity contribution in [3.8, 4) is 0 Å². The minimum absolute atomic E-state index is 0.229. The van der Waals surface area contributed by atoms with Crippen LogP contribution in [0.3, 0.4) is 0 Å². The van der Waals surface area contributed by atoms with Crippen LogP contribution in [0.1, 0.15) is 12.5 Å². The fourth-order valence-corrected chi connectivity index (χ4v) is 2.81. The SMILES string of the molecule is CC(O)C(NS(=O)(=O)CCc1ccccc1)C(=O)O. The minimum Gasteiger partial charge on any atom is -0.480 e. The van der Waals surface area contributed by atoms with Crippen LogP contribution in [0.25, 0.3) is 0 Å². The Bertz CT molecular complexity index is 512. The van der Waals surface area contributed by atoms with Crippen molar-refractivity contribution in [2.45, 2.75) is 25.5 Å². The van der Waals surface area contributed by atoms with Crippen molar-refractivity contribution in [1.29, 1.82) is 0 Å². The third-order valence-electron chi connectivity index (χ3n) is 2.56. The molecule has 2 unspecified atom stereocenters. The van der Waals surface area contributed by atoms with Gasteiger partial charge in [0.05, 0.1) is 11.9 Å².